The molecule has 24 heavy (non-hydrogen) atoms. The number of nitrogens with zero attached hydrogens (tertiary/aromatic N) is 2. The number of benzene rings is 1. The second-order valence-corrected chi connectivity index (χ2v) is 6.17. The topological polar surface area (TPSA) is 53.9 Å². The second-order valence-electron chi connectivity index (χ2n) is 6.17. The summed E-state index contributed by atoms with van der Waals surface area (Å²) >= 11 is 0. The quantitative estimate of drug-likeness (QED) is 0.361. The van der Waals surface area contributed by atoms with Gasteiger partial charge in [-0.3, -0.25) is 9.79 Å². The standard InChI is InChI=1S/C19H29N3O2/c1-3-24-18(23)10-7-12-21-19(20-2)22-13-11-17(15-22)14-16-8-5-4-6-9-16/h4-6,8-9,17H,3,7,10-15H2,1-2H3,(H,20,21). The summed E-state index contributed by atoms with van der Waals surface area (Å²) in [6, 6.07) is 10.7. The van der Waals surface area contributed by atoms with Gasteiger partial charge in [0.2, 0.25) is 0 Å². The molecule has 1 aromatic rings. The first-order valence-electron chi connectivity index (χ1n) is 8.88. The minimum atomic E-state index is -0.126. The maximum absolute atomic E-state index is 11.3. The van der Waals surface area contributed by atoms with Gasteiger partial charge in [0, 0.05) is 33.1 Å². The number of ether oxygens (including phenoxy) is 1. The van der Waals surface area contributed by atoms with E-state index in [-0.39, 0.29) is 5.97 Å². The average Bonchev–Trinajstić information content (AvgIpc) is 3.04. The van der Waals surface area contributed by atoms with E-state index in [0.717, 1.165) is 38.4 Å². The summed E-state index contributed by atoms with van der Waals surface area (Å²) < 4.78 is 4.94. The molecule has 0 bridgehead atoms. The summed E-state index contributed by atoms with van der Waals surface area (Å²) in [6.07, 6.45) is 3.53. The maximum atomic E-state index is 11.3. The minimum absolute atomic E-state index is 0.126. The molecular weight excluding hydrogens is 302 g/mol. The van der Waals surface area contributed by atoms with Crippen LogP contribution in [0.15, 0.2) is 35.3 Å². The smallest absolute Gasteiger partial charge is 0.305 e. The third-order valence-electron chi connectivity index (χ3n) is 4.31. The SMILES string of the molecule is CCOC(=O)CCCNC(=NC)N1CCC(Cc2ccccc2)C1. The highest BCUT2D eigenvalue weighted by atomic mass is 16.5. The highest BCUT2D eigenvalue weighted by Gasteiger charge is 2.24. The largest absolute Gasteiger partial charge is 0.466 e. The van der Waals surface area contributed by atoms with Crippen molar-refractivity contribution in [2.45, 2.75) is 32.6 Å². The summed E-state index contributed by atoms with van der Waals surface area (Å²) in [5.74, 6) is 1.48. The molecule has 1 atom stereocenters. The summed E-state index contributed by atoms with van der Waals surface area (Å²) in [6.45, 7) is 5.09. The van der Waals surface area contributed by atoms with Crippen LogP contribution in [0.4, 0.5) is 0 Å². The Morgan fingerprint density at radius 1 is 1.38 bits per heavy atom. The Morgan fingerprint density at radius 2 is 2.17 bits per heavy atom. The number of carbonyl (C=O) groups is 1. The molecule has 0 amide bonds. The van der Waals surface area contributed by atoms with Gasteiger partial charge in [0.25, 0.3) is 0 Å². The van der Waals surface area contributed by atoms with Crippen molar-refractivity contribution in [3.63, 3.8) is 0 Å². The van der Waals surface area contributed by atoms with Crippen LogP contribution in [0.1, 0.15) is 31.7 Å². The van der Waals surface area contributed by atoms with Gasteiger partial charge in [0.1, 0.15) is 0 Å². The van der Waals surface area contributed by atoms with E-state index >= 15 is 0 Å². The number of hydrogen-bond donors (Lipinski definition) is 1. The first kappa shape index (κ1) is 18.3. The van der Waals surface area contributed by atoms with E-state index in [1.165, 1.54) is 12.0 Å². The molecule has 5 nitrogen and oxygen atoms in total. The third-order valence-corrected chi connectivity index (χ3v) is 4.31. The lowest BCUT2D eigenvalue weighted by Crippen LogP contribution is -2.40. The van der Waals surface area contributed by atoms with Crippen LogP contribution in [0.25, 0.3) is 0 Å². The highest BCUT2D eigenvalue weighted by molar-refractivity contribution is 5.80. The van der Waals surface area contributed by atoms with Gasteiger partial charge in [0.15, 0.2) is 5.96 Å². The van der Waals surface area contributed by atoms with Crippen LogP contribution in [-0.4, -0.2) is 50.1 Å². The van der Waals surface area contributed by atoms with Crippen molar-refractivity contribution in [1.29, 1.82) is 0 Å². The zero-order valence-electron chi connectivity index (χ0n) is 14.8. The molecule has 1 heterocycles. The van der Waals surface area contributed by atoms with E-state index in [9.17, 15) is 4.79 Å². The Morgan fingerprint density at radius 3 is 2.88 bits per heavy atom. The predicted octanol–water partition coefficient (Wildman–Crippen LogP) is 2.47. The van der Waals surface area contributed by atoms with Gasteiger partial charge in [-0.05, 0) is 37.7 Å². The fourth-order valence-electron chi connectivity index (χ4n) is 3.14. The lowest BCUT2D eigenvalue weighted by Gasteiger charge is -2.21. The first-order chi connectivity index (χ1) is 11.7. The summed E-state index contributed by atoms with van der Waals surface area (Å²) in [5, 5.41) is 3.36. The molecule has 1 aromatic carbocycles. The number of rotatable bonds is 7. The van der Waals surface area contributed by atoms with Crippen LogP contribution in [0.5, 0.6) is 0 Å². The first-order valence-corrected chi connectivity index (χ1v) is 8.88. The average molecular weight is 331 g/mol. The number of esters is 1. The number of carbonyl (C=O) groups excluding carboxylic acids is 1. The molecule has 132 valence electrons. The molecular formula is C19H29N3O2. The van der Waals surface area contributed by atoms with Crippen molar-refractivity contribution < 1.29 is 9.53 Å². The third kappa shape index (κ3) is 5.87. The second kappa shape index (κ2) is 9.96. The molecule has 1 aliphatic heterocycles. The molecule has 1 aliphatic rings. The maximum Gasteiger partial charge on any atom is 0.305 e. The molecule has 1 fully saturated rings. The molecule has 1 unspecified atom stereocenters. The van der Waals surface area contributed by atoms with E-state index in [0.29, 0.717) is 18.9 Å². The Kier molecular flexibility index (Phi) is 7.59. The molecule has 0 aromatic heterocycles. The van der Waals surface area contributed by atoms with Gasteiger partial charge >= 0.3 is 5.97 Å². The molecule has 1 N–H and O–H groups in total. The molecule has 0 spiro atoms. The van der Waals surface area contributed by atoms with E-state index in [1.807, 2.05) is 14.0 Å². The summed E-state index contributed by atoms with van der Waals surface area (Å²) in [5.41, 5.74) is 1.40. The number of hydrogen-bond acceptors (Lipinski definition) is 3. The van der Waals surface area contributed by atoms with Gasteiger partial charge in [-0.1, -0.05) is 30.3 Å². The lowest BCUT2D eigenvalue weighted by atomic mass is 9.99. The predicted molar refractivity (Wildman–Crippen MR) is 97.1 cm³/mol. The number of guanidine groups is 1. The Bertz CT molecular complexity index is 531. The fraction of sp³-hybridized carbons (Fsp3) is 0.579. The molecule has 5 heteroatoms. The van der Waals surface area contributed by atoms with E-state index in [1.54, 1.807) is 0 Å². The molecule has 2 rings (SSSR count). The van der Waals surface area contributed by atoms with Crippen LogP contribution in [-0.2, 0) is 16.0 Å². The molecule has 0 saturated carbocycles. The summed E-state index contributed by atoms with van der Waals surface area (Å²) in [4.78, 5) is 18.0. The van der Waals surface area contributed by atoms with Crippen molar-refractivity contribution in [1.82, 2.24) is 10.2 Å². The monoisotopic (exact) mass is 331 g/mol. The molecule has 1 saturated heterocycles. The van der Waals surface area contributed by atoms with Crippen molar-refractivity contribution in [2.24, 2.45) is 10.9 Å². The Labute approximate surface area is 145 Å². The fourth-order valence-corrected chi connectivity index (χ4v) is 3.14. The van der Waals surface area contributed by atoms with Crippen LogP contribution in [0, 0.1) is 5.92 Å². The Balaban J connectivity index is 1.71. The molecule has 0 radical (unpaired) electrons. The zero-order chi connectivity index (χ0) is 17.2. The van der Waals surface area contributed by atoms with Gasteiger partial charge in [-0.25, -0.2) is 0 Å². The lowest BCUT2D eigenvalue weighted by molar-refractivity contribution is -0.143. The van der Waals surface area contributed by atoms with Crippen molar-refractivity contribution in [2.75, 3.05) is 33.3 Å². The normalized spacial score (nSPS) is 17.8. The van der Waals surface area contributed by atoms with Crippen molar-refractivity contribution in [3.8, 4) is 0 Å². The van der Waals surface area contributed by atoms with Crippen molar-refractivity contribution >= 4 is 11.9 Å². The van der Waals surface area contributed by atoms with Crippen LogP contribution in [0.2, 0.25) is 0 Å². The van der Waals surface area contributed by atoms with Gasteiger partial charge in [-0.15, -0.1) is 0 Å². The number of likely N-dealkylation sites (tertiary alicyclic amines) is 1. The Hall–Kier alpha value is -2.04. The van der Waals surface area contributed by atoms with Gasteiger partial charge in [-0.2, -0.15) is 0 Å². The van der Waals surface area contributed by atoms with E-state index in [4.69, 9.17) is 4.74 Å². The van der Waals surface area contributed by atoms with Crippen LogP contribution in [0.3, 0.4) is 0 Å². The van der Waals surface area contributed by atoms with Gasteiger partial charge in [0.05, 0.1) is 6.61 Å². The molecule has 0 aliphatic carbocycles. The summed E-state index contributed by atoms with van der Waals surface area (Å²) in [7, 11) is 1.82. The van der Waals surface area contributed by atoms with Crippen LogP contribution < -0.4 is 5.32 Å². The number of nitrogens with one attached hydrogen (secondary N) is 1. The van der Waals surface area contributed by atoms with Gasteiger partial charge < -0.3 is 15.0 Å². The highest BCUT2D eigenvalue weighted by Crippen LogP contribution is 2.20. The minimum Gasteiger partial charge on any atom is -0.466 e. The van der Waals surface area contributed by atoms with E-state index in [2.05, 4.69) is 45.5 Å². The van der Waals surface area contributed by atoms with E-state index < -0.39 is 0 Å². The van der Waals surface area contributed by atoms with Crippen LogP contribution >= 0.6 is 0 Å². The van der Waals surface area contributed by atoms with Crippen molar-refractivity contribution in [3.05, 3.63) is 35.9 Å². The number of aliphatic imine (C=N–C) groups is 1. The zero-order valence-corrected chi connectivity index (χ0v) is 14.8.